The molecule has 0 aliphatic heterocycles. The molecule has 0 amide bonds. The summed E-state index contributed by atoms with van der Waals surface area (Å²) in [5.74, 6) is 0.457. The molecule has 0 aliphatic carbocycles. The standard InChI is InChI=1S/C14H21NO2/c1-10(2)11-4-6-12(7-5-11)14(16)13(15)8-9-17-3/h4-7,10,13H,8-9,15H2,1-3H3. The lowest BCUT2D eigenvalue weighted by molar-refractivity contribution is 0.0935. The van der Waals surface area contributed by atoms with Gasteiger partial charge in [0.05, 0.1) is 6.04 Å². The van der Waals surface area contributed by atoms with Gasteiger partial charge in [0.15, 0.2) is 5.78 Å². The number of Topliss-reactive ketones (excluding diaryl/α,β-unsaturated/α-hetero) is 1. The zero-order valence-electron chi connectivity index (χ0n) is 10.8. The fraction of sp³-hybridized carbons (Fsp3) is 0.500. The number of nitrogens with two attached hydrogens (primary N) is 1. The van der Waals surface area contributed by atoms with Crippen molar-refractivity contribution < 1.29 is 9.53 Å². The maximum Gasteiger partial charge on any atom is 0.179 e. The summed E-state index contributed by atoms with van der Waals surface area (Å²) >= 11 is 0. The van der Waals surface area contributed by atoms with E-state index in [2.05, 4.69) is 13.8 Å². The molecule has 0 aliphatic rings. The summed E-state index contributed by atoms with van der Waals surface area (Å²) in [5.41, 5.74) is 7.71. The van der Waals surface area contributed by atoms with Crippen LogP contribution in [0.15, 0.2) is 24.3 Å². The molecule has 0 aromatic heterocycles. The van der Waals surface area contributed by atoms with Crippen LogP contribution in [-0.2, 0) is 4.74 Å². The molecule has 0 heterocycles. The van der Waals surface area contributed by atoms with Gasteiger partial charge in [-0.15, -0.1) is 0 Å². The minimum Gasteiger partial charge on any atom is -0.385 e. The third-order valence-electron chi connectivity index (χ3n) is 2.83. The summed E-state index contributed by atoms with van der Waals surface area (Å²) in [5, 5.41) is 0. The predicted octanol–water partition coefficient (Wildman–Crippen LogP) is 2.36. The van der Waals surface area contributed by atoms with E-state index < -0.39 is 6.04 Å². The fourth-order valence-corrected chi connectivity index (χ4v) is 1.62. The van der Waals surface area contributed by atoms with Gasteiger partial charge in [0, 0.05) is 19.3 Å². The third-order valence-corrected chi connectivity index (χ3v) is 2.83. The third kappa shape index (κ3) is 3.95. The summed E-state index contributed by atoms with van der Waals surface area (Å²) < 4.78 is 4.92. The van der Waals surface area contributed by atoms with Crippen molar-refractivity contribution in [3.63, 3.8) is 0 Å². The van der Waals surface area contributed by atoms with Gasteiger partial charge in [-0.25, -0.2) is 0 Å². The van der Waals surface area contributed by atoms with Gasteiger partial charge in [-0.2, -0.15) is 0 Å². The Morgan fingerprint density at radius 3 is 2.35 bits per heavy atom. The number of ketones is 1. The van der Waals surface area contributed by atoms with E-state index in [9.17, 15) is 4.79 Å². The van der Waals surface area contributed by atoms with Crippen LogP contribution >= 0.6 is 0 Å². The molecule has 0 radical (unpaired) electrons. The molecule has 0 saturated carbocycles. The second-order valence-corrected chi connectivity index (χ2v) is 4.53. The number of benzene rings is 1. The second-order valence-electron chi connectivity index (χ2n) is 4.53. The van der Waals surface area contributed by atoms with Crippen molar-refractivity contribution in [3.8, 4) is 0 Å². The summed E-state index contributed by atoms with van der Waals surface area (Å²) in [6, 6.07) is 7.20. The van der Waals surface area contributed by atoms with Crippen LogP contribution in [0, 0.1) is 0 Å². The van der Waals surface area contributed by atoms with E-state index in [0.717, 1.165) is 0 Å². The minimum atomic E-state index is -0.472. The maximum absolute atomic E-state index is 12.0. The van der Waals surface area contributed by atoms with Crippen molar-refractivity contribution >= 4 is 5.78 Å². The molecule has 0 spiro atoms. The number of methoxy groups -OCH3 is 1. The Kier molecular flexibility index (Phi) is 5.32. The molecule has 2 N–H and O–H groups in total. The van der Waals surface area contributed by atoms with Gasteiger partial charge in [0.2, 0.25) is 0 Å². The molecule has 3 nitrogen and oxygen atoms in total. The van der Waals surface area contributed by atoms with E-state index >= 15 is 0 Å². The lowest BCUT2D eigenvalue weighted by atomic mass is 9.98. The Morgan fingerprint density at radius 2 is 1.88 bits per heavy atom. The summed E-state index contributed by atoms with van der Waals surface area (Å²) in [6.07, 6.45) is 0.557. The number of carbonyl (C=O) groups excluding carboxylic acids is 1. The van der Waals surface area contributed by atoms with Gasteiger partial charge in [0.1, 0.15) is 0 Å². The first-order chi connectivity index (χ1) is 8.06. The fourth-order valence-electron chi connectivity index (χ4n) is 1.62. The van der Waals surface area contributed by atoms with Crippen molar-refractivity contribution in [2.45, 2.75) is 32.2 Å². The van der Waals surface area contributed by atoms with Crippen LogP contribution in [-0.4, -0.2) is 25.5 Å². The second kappa shape index (κ2) is 6.52. The Bertz CT molecular complexity index is 357. The molecule has 1 unspecified atom stereocenters. The van der Waals surface area contributed by atoms with Crippen LogP contribution < -0.4 is 5.73 Å². The monoisotopic (exact) mass is 235 g/mol. The van der Waals surface area contributed by atoms with Gasteiger partial charge >= 0.3 is 0 Å². The van der Waals surface area contributed by atoms with Gasteiger partial charge < -0.3 is 10.5 Å². The zero-order valence-corrected chi connectivity index (χ0v) is 10.8. The highest BCUT2D eigenvalue weighted by Gasteiger charge is 2.15. The van der Waals surface area contributed by atoms with Crippen LogP contribution in [0.3, 0.4) is 0 Å². The van der Waals surface area contributed by atoms with E-state index in [-0.39, 0.29) is 5.78 Å². The first-order valence-electron chi connectivity index (χ1n) is 5.95. The van der Waals surface area contributed by atoms with Gasteiger partial charge in [0.25, 0.3) is 0 Å². The van der Waals surface area contributed by atoms with Crippen LogP contribution in [0.25, 0.3) is 0 Å². The molecule has 0 bridgehead atoms. The first kappa shape index (κ1) is 13.9. The molecule has 17 heavy (non-hydrogen) atoms. The molecule has 1 aromatic carbocycles. The van der Waals surface area contributed by atoms with E-state index in [1.807, 2.05) is 24.3 Å². The van der Waals surface area contributed by atoms with Crippen molar-refractivity contribution in [3.05, 3.63) is 35.4 Å². The smallest absolute Gasteiger partial charge is 0.179 e. The molecular weight excluding hydrogens is 214 g/mol. The quantitative estimate of drug-likeness (QED) is 0.770. The summed E-state index contributed by atoms with van der Waals surface area (Å²) in [6.45, 7) is 4.76. The highest BCUT2D eigenvalue weighted by atomic mass is 16.5. The number of hydrogen-bond acceptors (Lipinski definition) is 3. The van der Waals surface area contributed by atoms with E-state index in [1.54, 1.807) is 7.11 Å². The lowest BCUT2D eigenvalue weighted by Gasteiger charge is -2.11. The number of carbonyl (C=O) groups is 1. The van der Waals surface area contributed by atoms with Gasteiger partial charge in [-0.3, -0.25) is 4.79 Å². The number of rotatable bonds is 6. The zero-order chi connectivity index (χ0) is 12.8. The van der Waals surface area contributed by atoms with Crippen LogP contribution in [0.1, 0.15) is 42.1 Å². The molecule has 94 valence electrons. The van der Waals surface area contributed by atoms with Gasteiger partial charge in [-0.05, 0) is 17.9 Å². The van der Waals surface area contributed by atoms with Crippen molar-refractivity contribution in [2.24, 2.45) is 5.73 Å². The molecule has 3 heteroatoms. The molecule has 1 atom stereocenters. The lowest BCUT2D eigenvalue weighted by Crippen LogP contribution is -2.31. The first-order valence-corrected chi connectivity index (χ1v) is 5.95. The summed E-state index contributed by atoms with van der Waals surface area (Å²) in [4.78, 5) is 12.0. The van der Waals surface area contributed by atoms with Crippen molar-refractivity contribution in [1.29, 1.82) is 0 Å². The normalized spacial score (nSPS) is 12.8. The summed E-state index contributed by atoms with van der Waals surface area (Å²) in [7, 11) is 1.61. The number of hydrogen-bond donors (Lipinski definition) is 1. The molecule has 0 fully saturated rings. The topological polar surface area (TPSA) is 52.3 Å². The largest absolute Gasteiger partial charge is 0.385 e. The average Bonchev–Trinajstić information content (AvgIpc) is 2.35. The average molecular weight is 235 g/mol. The van der Waals surface area contributed by atoms with Crippen LogP contribution in [0.4, 0.5) is 0 Å². The van der Waals surface area contributed by atoms with Crippen LogP contribution in [0.2, 0.25) is 0 Å². The molecule has 1 aromatic rings. The van der Waals surface area contributed by atoms with E-state index in [4.69, 9.17) is 10.5 Å². The molecular formula is C14H21NO2. The highest BCUT2D eigenvalue weighted by molar-refractivity contribution is 5.99. The van der Waals surface area contributed by atoms with E-state index in [1.165, 1.54) is 5.56 Å². The van der Waals surface area contributed by atoms with Crippen molar-refractivity contribution in [1.82, 2.24) is 0 Å². The Hall–Kier alpha value is -1.19. The predicted molar refractivity (Wildman–Crippen MR) is 69.3 cm³/mol. The maximum atomic E-state index is 12.0. The van der Waals surface area contributed by atoms with E-state index in [0.29, 0.717) is 24.5 Å². The van der Waals surface area contributed by atoms with Crippen molar-refractivity contribution in [2.75, 3.05) is 13.7 Å². The molecule has 0 saturated heterocycles. The molecule has 1 rings (SSSR count). The van der Waals surface area contributed by atoms with Gasteiger partial charge in [-0.1, -0.05) is 38.1 Å². The minimum absolute atomic E-state index is 0.0163. The number of ether oxygens (including phenoxy) is 1. The Labute approximate surface area is 103 Å². The van der Waals surface area contributed by atoms with Crippen LogP contribution in [0.5, 0.6) is 0 Å². The Morgan fingerprint density at radius 1 is 1.29 bits per heavy atom. The SMILES string of the molecule is COCCC(N)C(=O)c1ccc(C(C)C)cc1. The highest BCUT2D eigenvalue weighted by Crippen LogP contribution is 2.15. The Balaban J connectivity index is 2.69.